The van der Waals surface area contributed by atoms with E-state index in [2.05, 4.69) is 5.32 Å². The minimum atomic E-state index is -3.55. The fourth-order valence-electron chi connectivity index (χ4n) is 4.17. The monoisotopic (exact) mass is 427 g/mol. The summed E-state index contributed by atoms with van der Waals surface area (Å²) in [6, 6.07) is 13.6. The van der Waals surface area contributed by atoms with Gasteiger partial charge in [0.25, 0.3) is 0 Å². The van der Waals surface area contributed by atoms with Gasteiger partial charge in [0.2, 0.25) is 21.8 Å². The maximum atomic E-state index is 12.9. The molecule has 1 N–H and O–H groups in total. The lowest BCUT2D eigenvalue weighted by atomic mass is 10.1. The molecular formula is C22H25N3O4S. The second-order valence-electron chi connectivity index (χ2n) is 7.71. The minimum absolute atomic E-state index is 0.219. The molecule has 0 aromatic heterocycles. The molecule has 8 heteroatoms. The molecule has 2 amide bonds. The Bertz CT molecular complexity index is 1060. The standard InChI is InChI=1S/C22H25N3O4S/c1-16(26)25-20-10-9-19(30(28,29)24-11-5-6-12-24)13-18(20)14-21(25)22(27)23-15-17-7-3-2-4-8-17/h2-4,7-10,13,21H,5-6,11-12,14-15H2,1H3,(H,23,27)/t21-/m1/s1. The Balaban J connectivity index is 1.56. The zero-order valence-electron chi connectivity index (χ0n) is 16.9. The molecular weight excluding hydrogens is 402 g/mol. The predicted octanol–water partition coefficient (Wildman–Crippen LogP) is 2.07. The van der Waals surface area contributed by atoms with Crippen molar-refractivity contribution in [3.63, 3.8) is 0 Å². The van der Waals surface area contributed by atoms with Gasteiger partial charge in [0.1, 0.15) is 6.04 Å². The molecule has 1 fully saturated rings. The number of sulfonamides is 1. The fraction of sp³-hybridized carbons (Fsp3) is 0.364. The molecule has 0 spiro atoms. The highest BCUT2D eigenvalue weighted by molar-refractivity contribution is 7.89. The third-order valence-electron chi connectivity index (χ3n) is 5.69. The average Bonchev–Trinajstić information content (AvgIpc) is 3.40. The van der Waals surface area contributed by atoms with Crippen molar-refractivity contribution in [3.8, 4) is 0 Å². The van der Waals surface area contributed by atoms with Crippen molar-refractivity contribution in [2.75, 3.05) is 18.0 Å². The third kappa shape index (κ3) is 3.85. The van der Waals surface area contributed by atoms with Crippen LogP contribution in [0.4, 0.5) is 5.69 Å². The van der Waals surface area contributed by atoms with E-state index in [0.29, 0.717) is 37.3 Å². The molecule has 7 nitrogen and oxygen atoms in total. The van der Waals surface area contributed by atoms with Crippen LogP contribution in [0.2, 0.25) is 0 Å². The summed E-state index contributed by atoms with van der Waals surface area (Å²) in [6.07, 6.45) is 2.02. The zero-order chi connectivity index (χ0) is 21.3. The summed E-state index contributed by atoms with van der Waals surface area (Å²) in [4.78, 5) is 26.8. The second-order valence-corrected chi connectivity index (χ2v) is 9.65. The third-order valence-corrected chi connectivity index (χ3v) is 7.58. The number of nitrogens with one attached hydrogen (secondary N) is 1. The topological polar surface area (TPSA) is 86.8 Å². The summed E-state index contributed by atoms with van der Waals surface area (Å²) in [7, 11) is -3.55. The number of benzene rings is 2. The van der Waals surface area contributed by atoms with Gasteiger partial charge >= 0.3 is 0 Å². The number of amides is 2. The first kappa shape index (κ1) is 20.6. The molecule has 2 aliphatic rings. The molecule has 2 aliphatic heterocycles. The second kappa shape index (κ2) is 8.20. The molecule has 0 radical (unpaired) electrons. The molecule has 4 rings (SSSR count). The van der Waals surface area contributed by atoms with Crippen LogP contribution in [-0.2, 0) is 32.6 Å². The van der Waals surface area contributed by atoms with E-state index >= 15 is 0 Å². The smallest absolute Gasteiger partial charge is 0.243 e. The largest absolute Gasteiger partial charge is 0.350 e. The first-order valence-corrected chi connectivity index (χ1v) is 11.6. The Morgan fingerprint density at radius 1 is 1.07 bits per heavy atom. The number of fused-ring (bicyclic) bond motifs is 1. The Morgan fingerprint density at radius 2 is 1.77 bits per heavy atom. The average molecular weight is 428 g/mol. The van der Waals surface area contributed by atoms with Crippen molar-refractivity contribution in [2.45, 2.75) is 43.7 Å². The number of carbonyl (C=O) groups is 2. The fourth-order valence-corrected chi connectivity index (χ4v) is 5.74. The lowest BCUT2D eigenvalue weighted by Crippen LogP contribution is -2.47. The summed E-state index contributed by atoms with van der Waals surface area (Å²) >= 11 is 0. The van der Waals surface area contributed by atoms with Gasteiger partial charge in [-0.15, -0.1) is 0 Å². The summed E-state index contributed by atoms with van der Waals surface area (Å²) in [5, 5.41) is 2.89. The number of carbonyl (C=O) groups excluding carboxylic acids is 2. The normalized spacial score (nSPS) is 19.0. The number of anilines is 1. The highest BCUT2D eigenvalue weighted by Gasteiger charge is 2.38. The summed E-state index contributed by atoms with van der Waals surface area (Å²) in [5.41, 5.74) is 2.27. The van der Waals surface area contributed by atoms with Gasteiger partial charge in [-0.3, -0.25) is 14.5 Å². The molecule has 1 atom stereocenters. The van der Waals surface area contributed by atoms with Crippen LogP contribution < -0.4 is 10.2 Å². The van der Waals surface area contributed by atoms with E-state index < -0.39 is 16.1 Å². The Labute approximate surface area is 176 Å². The molecule has 0 saturated carbocycles. The molecule has 2 aromatic rings. The van der Waals surface area contributed by atoms with E-state index in [4.69, 9.17) is 0 Å². The van der Waals surface area contributed by atoms with Crippen LogP contribution in [0.3, 0.4) is 0 Å². The van der Waals surface area contributed by atoms with E-state index in [1.165, 1.54) is 22.2 Å². The van der Waals surface area contributed by atoms with Crippen LogP contribution in [0, 0.1) is 0 Å². The van der Waals surface area contributed by atoms with Gasteiger partial charge in [0, 0.05) is 38.7 Å². The van der Waals surface area contributed by atoms with Gasteiger partial charge in [-0.25, -0.2) is 8.42 Å². The molecule has 0 bridgehead atoms. The van der Waals surface area contributed by atoms with Crippen molar-refractivity contribution < 1.29 is 18.0 Å². The molecule has 1 saturated heterocycles. The van der Waals surface area contributed by atoms with Crippen LogP contribution in [0.15, 0.2) is 53.4 Å². The minimum Gasteiger partial charge on any atom is -0.350 e. The van der Waals surface area contributed by atoms with Crippen molar-refractivity contribution in [3.05, 3.63) is 59.7 Å². The molecule has 30 heavy (non-hydrogen) atoms. The number of nitrogens with zero attached hydrogens (tertiary/aromatic N) is 2. The molecule has 158 valence electrons. The van der Waals surface area contributed by atoms with Gasteiger partial charge in [0.15, 0.2) is 0 Å². The summed E-state index contributed by atoms with van der Waals surface area (Å²) in [5.74, 6) is -0.502. The molecule has 0 unspecified atom stereocenters. The predicted molar refractivity (Wildman–Crippen MR) is 113 cm³/mol. The van der Waals surface area contributed by atoms with Gasteiger partial charge in [-0.05, 0) is 42.2 Å². The number of hydrogen-bond donors (Lipinski definition) is 1. The van der Waals surface area contributed by atoms with Crippen molar-refractivity contribution in [1.29, 1.82) is 0 Å². The first-order valence-electron chi connectivity index (χ1n) is 10.1. The van der Waals surface area contributed by atoms with Crippen molar-refractivity contribution in [2.24, 2.45) is 0 Å². The van der Waals surface area contributed by atoms with Gasteiger partial charge < -0.3 is 5.32 Å². The first-order chi connectivity index (χ1) is 14.4. The lowest BCUT2D eigenvalue weighted by molar-refractivity contribution is -0.125. The molecule has 0 aliphatic carbocycles. The van der Waals surface area contributed by atoms with Crippen LogP contribution in [0.25, 0.3) is 0 Å². The number of rotatable bonds is 5. The zero-order valence-corrected chi connectivity index (χ0v) is 17.7. The lowest BCUT2D eigenvalue weighted by Gasteiger charge is -2.23. The van der Waals surface area contributed by atoms with E-state index in [-0.39, 0.29) is 16.7 Å². The summed E-state index contributed by atoms with van der Waals surface area (Å²) < 4.78 is 27.3. The van der Waals surface area contributed by atoms with Gasteiger partial charge in [0.05, 0.1) is 4.90 Å². The quantitative estimate of drug-likeness (QED) is 0.791. The highest BCUT2D eigenvalue weighted by Crippen LogP contribution is 2.35. The van der Waals surface area contributed by atoms with E-state index in [1.54, 1.807) is 12.1 Å². The number of hydrogen-bond acceptors (Lipinski definition) is 4. The van der Waals surface area contributed by atoms with Gasteiger partial charge in [-0.2, -0.15) is 4.31 Å². The maximum absolute atomic E-state index is 12.9. The van der Waals surface area contributed by atoms with Crippen LogP contribution in [0.1, 0.15) is 30.9 Å². The van der Waals surface area contributed by atoms with E-state index in [0.717, 1.165) is 18.4 Å². The Kier molecular flexibility index (Phi) is 5.62. The summed E-state index contributed by atoms with van der Waals surface area (Å²) in [6.45, 7) is 2.85. The van der Waals surface area contributed by atoms with E-state index in [9.17, 15) is 18.0 Å². The van der Waals surface area contributed by atoms with Crippen molar-refractivity contribution >= 4 is 27.5 Å². The van der Waals surface area contributed by atoms with Crippen LogP contribution in [0.5, 0.6) is 0 Å². The van der Waals surface area contributed by atoms with Gasteiger partial charge in [-0.1, -0.05) is 30.3 Å². The van der Waals surface area contributed by atoms with E-state index in [1.807, 2.05) is 30.3 Å². The maximum Gasteiger partial charge on any atom is 0.243 e. The molecule has 2 aromatic carbocycles. The van der Waals surface area contributed by atoms with Crippen LogP contribution >= 0.6 is 0 Å². The Hall–Kier alpha value is -2.71. The highest BCUT2D eigenvalue weighted by atomic mass is 32.2. The molecule has 2 heterocycles. The Morgan fingerprint density at radius 3 is 2.43 bits per heavy atom. The SMILES string of the molecule is CC(=O)N1c2ccc(S(=O)(=O)N3CCCC3)cc2C[C@@H]1C(=O)NCc1ccccc1. The van der Waals surface area contributed by atoms with Crippen molar-refractivity contribution in [1.82, 2.24) is 9.62 Å². The van der Waals surface area contributed by atoms with Crippen LogP contribution in [-0.4, -0.2) is 43.7 Å².